The molecule has 3 N–H and O–H groups in total. The van der Waals surface area contributed by atoms with Gasteiger partial charge in [-0.3, -0.25) is 10.3 Å². The van der Waals surface area contributed by atoms with E-state index in [9.17, 15) is 21.2 Å². The molecule has 9 nitrogen and oxygen atoms in total. The minimum absolute atomic E-state index is 0.0122. The Balaban J connectivity index is 1.68. The predicted octanol–water partition coefficient (Wildman–Crippen LogP) is 3.24. The molecule has 1 unspecified atom stereocenters. The number of hydrogen-bond acceptors (Lipinski definition) is 7. The second-order valence-electron chi connectivity index (χ2n) is 8.95. The van der Waals surface area contributed by atoms with Crippen LogP contribution in [0.5, 0.6) is 0 Å². The zero-order valence-corrected chi connectivity index (χ0v) is 22.1. The van der Waals surface area contributed by atoms with E-state index in [2.05, 4.69) is 10.3 Å². The Morgan fingerprint density at radius 1 is 1.03 bits per heavy atom. The molecule has 0 radical (unpaired) electrons. The highest BCUT2D eigenvalue weighted by Crippen LogP contribution is 2.37. The molecular formula is C26H26FN5O4S2. The molecule has 0 saturated carbocycles. The van der Waals surface area contributed by atoms with Gasteiger partial charge in [0, 0.05) is 41.9 Å². The fourth-order valence-electron chi connectivity index (χ4n) is 4.82. The summed E-state index contributed by atoms with van der Waals surface area (Å²) in [5, 5.41) is 8.60. The third kappa shape index (κ3) is 4.71. The molecule has 12 heteroatoms. The van der Waals surface area contributed by atoms with Gasteiger partial charge in [0.1, 0.15) is 16.9 Å². The number of anilines is 1. The molecule has 3 heterocycles. The number of aryl methyl sites for hydroxylation is 1. The van der Waals surface area contributed by atoms with Crippen molar-refractivity contribution in [2.45, 2.75) is 28.8 Å². The van der Waals surface area contributed by atoms with Crippen LogP contribution in [0, 0.1) is 5.82 Å². The minimum Gasteiger partial charge on any atom is -0.352 e. The fraction of sp³-hybridized carbons (Fsp3) is 0.192. The minimum atomic E-state index is -4.13. The number of pyridine rings is 1. The molecule has 5 rings (SSSR count). The molecule has 4 aromatic rings. The standard InChI is InChI=1S/C26H26FN5O4S2/c1-29-26(31-13-5-6-18-10-11-20(15-24(18)31)37(28,33)34)19-14-25(22-8-2-3-9-23(22)27)32(17-19)38(35,36)21-7-4-12-30-16-21/h2-4,7-12,14-17,26,29H,5-6,13H2,1H3,(H2,28,33,34). The first kappa shape index (κ1) is 26.0. The van der Waals surface area contributed by atoms with Crippen molar-refractivity contribution in [1.82, 2.24) is 14.3 Å². The van der Waals surface area contributed by atoms with Crippen molar-refractivity contribution in [3.05, 3.63) is 96.2 Å². The summed E-state index contributed by atoms with van der Waals surface area (Å²) in [5.74, 6) is -0.568. The van der Waals surface area contributed by atoms with Crippen molar-refractivity contribution in [3.63, 3.8) is 0 Å². The van der Waals surface area contributed by atoms with Crippen LogP contribution in [0.25, 0.3) is 11.3 Å². The van der Waals surface area contributed by atoms with Gasteiger partial charge in [0.05, 0.1) is 10.6 Å². The van der Waals surface area contributed by atoms with E-state index in [-0.39, 0.29) is 21.0 Å². The van der Waals surface area contributed by atoms with E-state index in [4.69, 9.17) is 5.14 Å². The molecule has 0 spiro atoms. The highest BCUT2D eigenvalue weighted by atomic mass is 32.2. The van der Waals surface area contributed by atoms with E-state index >= 15 is 0 Å². The summed E-state index contributed by atoms with van der Waals surface area (Å²) in [6, 6.07) is 15.3. The zero-order chi connectivity index (χ0) is 27.1. The molecule has 38 heavy (non-hydrogen) atoms. The largest absolute Gasteiger partial charge is 0.352 e. The summed E-state index contributed by atoms with van der Waals surface area (Å²) in [4.78, 5) is 5.85. The summed E-state index contributed by atoms with van der Waals surface area (Å²) in [6.07, 6.45) is 5.17. The van der Waals surface area contributed by atoms with E-state index in [0.29, 0.717) is 17.8 Å². The third-order valence-electron chi connectivity index (χ3n) is 6.59. The Hall–Kier alpha value is -3.58. The lowest BCUT2D eigenvalue weighted by Gasteiger charge is -2.37. The number of benzene rings is 2. The molecule has 1 aliphatic heterocycles. The topological polar surface area (TPSA) is 127 Å². The number of rotatable bonds is 7. The normalized spacial score (nSPS) is 14.8. The number of nitrogens with one attached hydrogen (secondary N) is 1. The molecule has 0 aliphatic carbocycles. The lowest BCUT2D eigenvalue weighted by atomic mass is 10.00. The van der Waals surface area contributed by atoms with Gasteiger partial charge in [-0.2, -0.15) is 0 Å². The van der Waals surface area contributed by atoms with Gasteiger partial charge in [-0.05, 0) is 67.9 Å². The predicted molar refractivity (Wildman–Crippen MR) is 142 cm³/mol. The summed E-state index contributed by atoms with van der Waals surface area (Å²) in [5.41, 5.74) is 2.44. The first-order chi connectivity index (χ1) is 18.1. The fourth-order valence-corrected chi connectivity index (χ4v) is 6.70. The van der Waals surface area contributed by atoms with Crippen molar-refractivity contribution < 1.29 is 21.2 Å². The van der Waals surface area contributed by atoms with E-state index in [1.54, 1.807) is 25.2 Å². The Bertz CT molecular complexity index is 1710. The maximum Gasteiger partial charge on any atom is 0.269 e. The van der Waals surface area contributed by atoms with Gasteiger partial charge in [0.25, 0.3) is 10.0 Å². The second-order valence-corrected chi connectivity index (χ2v) is 12.3. The number of aromatic nitrogens is 2. The smallest absolute Gasteiger partial charge is 0.269 e. The first-order valence-electron chi connectivity index (χ1n) is 11.8. The highest BCUT2D eigenvalue weighted by Gasteiger charge is 2.30. The van der Waals surface area contributed by atoms with Crippen molar-refractivity contribution in [2.24, 2.45) is 5.14 Å². The average molecular weight is 556 g/mol. The van der Waals surface area contributed by atoms with Crippen LogP contribution in [0.3, 0.4) is 0 Å². The molecule has 0 bridgehead atoms. The molecule has 198 valence electrons. The van der Waals surface area contributed by atoms with Gasteiger partial charge >= 0.3 is 0 Å². The summed E-state index contributed by atoms with van der Waals surface area (Å²) >= 11 is 0. The highest BCUT2D eigenvalue weighted by molar-refractivity contribution is 7.90. The van der Waals surface area contributed by atoms with Gasteiger partial charge in [0.15, 0.2) is 0 Å². The van der Waals surface area contributed by atoms with Crippen LogP contribution in [0.2, 0.25) is 0 Å². The molecule has 1 aliphatic rings. The molecule has 1 atom stereocenters. The van der Waals surface area contributed by atoms with Gasteiger partial charge < -0.3 is 4.90 Å². The summed E-state index contributed by atoms with van der Waals surface area (Å²) in [6.45, 7) is 0.572. The quantitative estimate of drug-likeness (QED) is 0.358. The van der Waals surface area contributed by atoms with E-state index in [1.165, 1.54) is 61.1 Å². The third-order valence-corrected chi connectivity index (χ3v) is 9.16. The second kappa shape index (κ2) is 9.95. The van der Waals surface area contributed by atoms with Crippen molar-refractivity contribution in [2.75, 3.05) is 18.5 Å². The van der Waals surface area contributed by atoms with Crippen LogP contribution in [-0.4, -0.2) is 39.4 Å². The SMILES string of the molecule is CNC(c1cc(-c2ccccc2F)n(S(=O)(=O)c2cccnc2)c1)N1CCCc2ccc(S(N)(=O)=O)cc21. The lowest BCUT2D eigenvalue weighted by molar-refractivity contribution is 0.523. The molecule has 0 saturated heterocycles. The Labute approximate surface area is 220 Å². The van der Waals surface area contributed by atoms with Crippen molar-refractivity contribution in [3.8, 4) is 11.3 Å². The van der Waals surface area contributed by atoms with Gasteiger partial charge in [-0.25, -0.2) is 30.3 Å². The van der Waals surface area contributed by atoms with Gasteiger partial charge in [0.2, 0.25) is 10.0 Å². The Morgan fingerprint density at radius 2 is 1.82 bits per heavy atom. The van der Waals surface area contributed by atoms with Crippen LogP contribution < -0.4 is 15.4 Å². The molecule has 0 amide bonds. The zero-order valence-electron chi connectivity index (χ0n) is 20.5. The van der Waals surface area contributed by atoms with E-state index in [0.717, 1.165) is 22.4 Å². The van der Waals surface area contributed by atoms with Crippen LogP contribution >= 0.6 is 0 Å². The number of halogens is 1. The number of nitrogens with zero attached hydrogens (tertiary/aromatic N) is 3. The monoisotopic (exact) mass is 555 g/mol. The maximum atomic E-state index is 14.9. The lowest BCUT2D eigenvalue weighted by Crippen LogP contribution is -2.40. The van der Waals surface area contributed by atoms with E-state index < -0.39 is 32.0 Å². The van der Waals surface area contributed by atoms with Crippen LogP contribution in [-0.2, 0) is 26.5 Å². The molecular weight excluding hydrogens is 529 g/mol. The number of hydrogen-bond donors (Lipinski definition) is 2. The summed E-state index contributed by atoms with van der Waals surface area (Å²) < 4.78 is 67.5. The molecule has 2 aromatic carbocycles. The number of primary sulfonamides is 1. The Morgan fingerprint density at radius 3 is 2.50 bits per heavy atom. The van der Waals surface area contributed by atoms with Crippen LogP contribution in [0.1, 0.15) is 23.7 Å². The van der Waals surface area contributed by atoms with Crippen LogP contribution in [0.4, 0.5) is 10.1 Å². The van der Waals surface area contributed by atoms with Gasteiger partial charge in [-0.1, -0.05) is 18.2 Å². The summed E-state index contributed by atoms with van der Waals surface area (Å²) in [7, 11) is -6.34. The van der Waals surface area contributed by atoms with Crippen LogP contribution in [0.15, 0.2) is 89.0 Å². The molecule has 0 fully saturated rings. The van der Waals surface area contributed by atoms with Crippen molar-refractivity contribution in [1.29, 1.82) is 0 Å². The molecule has 2 aromatic heterocycles. The first-order valence-corrected chi connectivity index (χ1v) is 14.8. The number of fused-ring (bicyclic) bond motifs is 1. The van der Waals surface area contributed by atoms with Gasteiger partial charge in [-0.15, -0.1) is 0 Å². The number of nitrogens with two attached hydrogens (primary N) is 1. The van der Waals surface area contributed by atoms with E-state index in [1.807, 2.05) is 4.90 Å². The average Bonchev–Trinajstić information content (AvgIpc) is 3.35. The maximum absolute atomic E-state index is 14.9. The van der Waals surface area contributed by atoms with Crippen molar-refractivity contribution >= 4 is 25.7 Å². The Kier molecular flexibility index (Phi) is 6.82. The number of sulfonamides is 1.